The summed E-state index contributed by atoms with van der Waals surface area (Å²) in [6.07, 6.45) is 9.55. The monoisotopic (exact) mass is 369 g/mol. The average molecular weight is 370 g/mol. The zero-order valence-electron chi connectivity index (χ0n) is 14.3. The molecule has 0 saturated heterocycles. The van der Waals surface area contributed by atoms with Crippen LogP contribution in [0.2, 0.25) is 5.02 Å². The van der Waals surface area contributed by atoms with Crippen molar-refractivity contribution in [3.8, 4) is 0 Å². The van der Waals surface area contributed by atoms with E-state index in [0.717, 1.165) is 17.0 Å². The predicted octanol–water partition coefficient (Wildman–Crippen LogP) is 2.04. The number of dihydropyridines is 1. The summed E-state index contributed by atoms with van der Waals surface area (Å²) >= 11 is 6.32. The lowest BCUT2D eigenvalue weighted by atomic mass is 10.1. The number of benzene rings is 1. The van der Waals surface area contributed by atoms with E-state index in [0.29, 0.717) is 17.3 Å². The van der Waals surface area contributed by atoms with E-state index in [-0.39, 0.29) is 18.1 Å². The molecule has 1 amide bonds. The van der Waals surface area contributed by atoms with Crippen LogP contribution in [-0.2, 0) is 4.79 Å². The Balaban J connectivity index is 1.50. The average Bonchev–Trinajstić information content (AvgIpc) is 3.05. The minimum Gasteiger partial charge on any atom is -0.385 e. The molecule has 0 saturated carbocycles. The summed E-state index contributed by atoms with van der Waals surface area (Å²) in [5.41, 5.74) is 6.69. The Morgan fingerprint density at radius 2 is 2.15 bits per heavy atom. The summed E-state index contributed by atoms with van der Waals surface area (Å²) in [6, 6.07) is 7.59. The van der Waals surface area contributed by atoms with Crippen LogP contribution in [0.25, 0.3) is 0 Å². The van der Waals surface area contributed by atoms with Crippen LogP contribution in [0.4, 0.5) is 0 Å². The number of fused-ring (bicyclic) bond motifs is 1. The highest BCUT2D eigenvalue weighted by molar-refractivity contribution is 6.31. The molecule has 3 aliphatic rings. The first kappa shape index (κ1) is 16.8. The molecule has 2 atom stereocenters. The number of carbonyl (C=O) groups is 1. The van der Waals surface area contributed by atoms with Crippen LogP contribution in [0.15, 0.2) is 71.9 Å². The summed E-state index contributed by atoms with van der Waals surface area (Å²) in [4.78, 5) is 12.7. The van der Waals surface area contributed by atoms with Crippen LogP contribution in [0.5, 0.6) is 0 Å². The molecule has 3 heterocycles. The Labute approximate surface area is 157 Å². The van der Waals surface area contributed by atoms with Crippen molar-refractivity contribution < 1.29 is 4.79 Å². The summed E-state index contributed by atoms with van der Waals surface area (Å²) in [5, 5.41) is 11.9. The van der Waals surface area contributed by atoms with Gasteiger partial charge in [0.2, 0.25) is 0 Å². The molecule has 4 N–H and O–H groups in total. The van der Waals surface area contributed by atoms with E-state index in [1.165, 1.54) is 0 Å². The fraction of sp³-hybridized carbons (Fsp3) is 0.211. The molecule has 0 bridgehead atoms. The van der Waals surface area contributed by atoms with Crippen LogP contribution < -0.4 is 21.4 Å². The lowest BCUT2D eigenvalue weighted by Crippen LogP contribution is -2.51. The van der Waals surface area contributed by atoms with Crippen molar-refractivity contribution in [1.82, 2.24) is 26.4 Å². The van der Waals surface area contributed by atoms with Crippen molar-refractivity contribution in [3.63, 3.8) is 0 Å². The molecule has 3 aliphatic heterocycles. The van der Waals surface area contributed by atoms with Gasteiger partial charge in [0.25, 0.3) is 5.91 Å². The third-order valence-electron chi connectivity index (χ3n) is 4.50. The Kier molecular flexibility index (Phi) is 4.44. The first-order chi connectivity index (χ1) is 12.6. The second-order valence-corrected chi connectivity index (χ2v) is 6.75. The van der Waals surface area contributed by atoms with E-state index in [4.69, 9.17) is 11.6 Å². The lowest BCUT2D eigenvalue weighted by Gasteiger charge is -2.35. The smallest absolute Gasteiger partial charge is 0.274 e. The maximum atomic E-state index is 12.7. The van der Waals surface area contributed by atoms with Gasteiger partial charge in [-0.1, -0.05) is 35.9 Å². The van der Waals surface area contributed by atoms with Gasteiger partial charge in [-0.15, -0.1) is 0 Å². The van der Waals surface area contributed by atoms with Crippen molar-refractivity contribution in [2.45, 2.75) is 19.1 Å². The van der Waals surface area contributed by atoms with Crippen LogP contribution in [0.1, 0.15) is 18.5 Å². The number of halogens is 1. The Bertz CT molecular complexity index is 857. The van der Waals surface area contributed by atoms with Gasteiger partial charge in [0.15, 0.2) is 0 Å². The maximum absolute atomic E-state index is 12.7. The number of allylic oxidation sites excluding steroid dienone is 2. The molecule has 0 fully saturated rings. The first-order valence-corrected chi connectivity index (χ1v) is 8.88. The normalized spacial score (nSPS) is 23.9. The molecule has 134 valence electrons. The number of hydrogen-bond acceptors (Lipinski definition) is 5. The molecule has 1 aromatic rings. The number of rotatable bonds is 3. The second-order valence-electron chi connectivity index (χ2n) is 6.35. The number of amides is 1. The molecule has 0 spiro atoms. The van der Waals surface area contributed by atoms with Crippen molar-refractivity contribution >= 4 is 17.5 Å². The molecule has 0 aromatic heterocycles. The number of hydrogen-bond donors (Lipinski definition) is 4. The standard InChI is InChI=1S/C19H20ClN5O/c1-12-10-13(8-9-21-12)23-19(26)17-11-22-18-7-6-16(24-25(17)18)14-4-2-3-5-15(14)20/h2-8,10-11,16,18,21-22,24H,9H2,1H3,(H,23,26). The fourth-order valence-corrected chi connectivity index (χ4v) is 3.44. The van der Waals surface area contributed by atoms with Gasteiger partial charge in [-0.2, -0.15) is 0 Å². The van der Waals surface area contributed by atoms with Gasteiger partial charge < -0.3 is 16.0 Å². The van der Waals surface area contributed by atoms with Crippen molar-refractivity contribution in [2.24, 2.45) is 0 Å². The molecule has 0 radical (unpaired) electrons. The third kappa shape index (κ3) is 3.21. The van der Waals surface area contributed by atoms with E-state index in [9.17, 15) is 4.79 Å². The maximum Gasteiger partial charge on any atom is 0.274 e. The molecule has 26 heavy (non-hydrogen) atoms. The summed E-state index contributed by atoms with van der Waals surface area (Å²) in [7, 11) is 0. The molecular formula is C19H20ClN5O. The van der Waals surface area contributed by atoms with Crippen LogP contribution in [0, 0.1) is 0 Å². The highest BCUT2D eigenvalue weighted by atomic mass is 35.5. The van der Waals surface area contributed by atoms with Crippen LogP contribution in [0.3, 0.4) is 0 Å². The van der Waals surface area contributed by atoms with E-state index in [1.807, 2.05) is 60.5 Å². The number of hydrazine groups is 1. The Morgan fingerprint density at radius 1 is 1.31 bits per heavy atom. The van der Waals surface area contributed by atoms with E-state index in [2.05, 4.69) is 21.4 Å². The summed E-state index contributed by atoms with van der Waals surface area (Å²) < 4.78 is 0. The van der Waals surface area contributed by atoms with E-state index in [1.54, 1.807) is 6.20 Å². The fourth-order valence-electron chi connectivity index (χ4n) is 3.18. The quantitative estimate of drug-likeness (QED) is 0.614. The van der Waals surface area contributed by atoms with E-state index < -0.39 is 0 Å². The zero-order chi connectivity index (χ0) is 18.1. The van der Waals surface area contributed by atoms with Crippen molar-refractivity contribution in [1.29, 1.82) is 0 Å². The lowest BCUT2D eigenvalue weighted by molar-refractivity contribution is -0.118. The highest BCUT2D eigenvalue weighted by Crippen LogP contribution is 2.29. The number of carbonyl (C=O) groups excluding carboxylic acids is 1. The van der Waals surface area contributed by atoms with Crippen LogP contribution >= 0.6 is 11.6 Å². The summed E-state index contributed by atoms with van der Waals surface area (Å²) in [6.45, 7) is 2.67. The topological polar surface area (TPSA) is 68.4 Å². The number of nitrogens with zero attached hydrogens (tertiary/aromatic N) is 1. The minimum absolute atomic E-state index is 0.101. The molecule has 7 heteroatoms. The molecule has 1 aromatic carbocycles. The SMILES string of the molecule is CC1=CC(NC(=O)C2=CNC3C=CC(c4ccccc4Cl)NN23)=CCN1. The second kappa shape index (κ2) is 6.90. The number of nitrogens with one attached hydrogen (secondary N) is 4. The molecule has 0 aliphatic carbocycles. The van der Waals surface area contributed by atoms with Gasteiger partial charge in [-0.05, 0) is 36.8 Å². The first-order valence-electron chi connectivity index (χ1n) is 8.50. The van der Waals surface area contributed by atoms with Gasteiger partial charge in [0.1, 0.15) is 11.9 Å². The zero-order valence-corrected chi connectivity index (χ0v) is 15.0. The third-order valence-corrected chi connectivity index (χ3v) is 4.84. The van der Waals surface area contributed by atoms with Gasteiger partial charge in [0, 0.05) is 29.2 Å². The Hall–Kier alpha value is -2.70. The van der Waals surface area contributed by atoms with Gasteiger partial charge >= 0.3 is 0 Å². The highest BCUT2D eigenvalue weighted by Gasteiger charge is 2.33. The Morgan fingerprint density at radius 3 is 2.96 bits per heavy atom. The molecule has 4 rings (SSSR count). The predicted molar refractivity (Wildman–Crippen MR) is 101 cm³/mol. The van der Waals surface area contributed by atoms with E-state index >= 15 is 0 Å². The van der Waals surface area contributed by atoms with Crippen molar-refractivity contribution in [2.75, 3.05) is 6.54 Å². The minimum atomic E-state index is -0.169. The van der Waals surface area contributed by atoms with Gasteiger partial charge in [-0.25, -0.2) is 5.43 Å². The van der Waals surface area contributed by atoms with Crippen LogP contribution in [-0.4, -0.2) is 23.6 Å². The van der Waals surface area contributed by atoms with Crippen molar-refractivity contribution in [3.05, 3.63) is 82.4 Å². The molecule has 2 unspecified atom stereocenters. The van der Waals surface area contributed by atoms with Gasteiger partial charge in [0.05, 0.1) is 6.04 Å². The van der Waals surface area contributed by atoms with Gasteiger partial charge in [-0.3, -0.25) is 9.80 Å². The largest absolute Gasteiger partial charge is 0.385 e. The molecular weight excluding hydrogens is 350 g/mol. The summed E-state index contributed by atoms with van der Waals surface area (Å²) in [5.74, 6) is -0.169. The molecule has 6 nitrogen and oxygen atoms in total.